The summed E-state index contributed by atoms with van der Waals surface area (Å²) in [6.45, 7) is 2.01. The first-order valence-corrected chi connectivity index (χ1v) is 6.49. The van der Waals surface area contributed by atoms with E-state index in [0.29, 0.717) is 5.75 Å². The molecule has 0 unspecified atom stereocenters. The van der Waals surface area contributed by atoms with Gasteiger partial charge in [0.05, 0.1) is 12.7 Å². The van der Waals surface area contributed by atoms with Crippen LogP contribution in [0.1, 0.15) is 22.8 Å². The van der Waals surface area contributed by atoms with Crippen molar-refractivity contribution in [1.82, 2.24) is 0 Å². The van der Waals surface area contributed by atoms with Gasteiger partial charge >= 0.3 is 5.97 Å². The van der Waals surface area contributed by atoms with Crippen LogP contribution in [0.3, 0.4) is 0 Å². The highest BCUT2D eigenvalue weighted by Gasteiger charge is 2.16. The SMILES string of the molecule is CCc1cccc(Oc2cc(C(=O)OC)c(N)cc2F)c1. The molecule has 0 atom stereocenters. The number of ether oxygens (including phenoxy) is 2. The lowest BCUT2D eigenvalue weighted by Gasteiger charge is -2.11. The Hall–Kier alpha value is -2.56. The molecule has 0 fully saturated rings. The molecule has 0 heterocycles. The second-order valence-electron chi connectivity index (χ2n) is 4.46. The van der Waals surface area contributed by atoms with Crippen molar-refractivity contribution in [1.29, 1.82) is 0 Å². The quantitative estimate of drug-likeness (QED) is 0.690. The van der Waals surface area contributed by atoms with Crippen LogP contribution in [0.5, 0.6) is 11.5 Å². The van der Waals surface area contributed by atoms with Gasteiger partial charge in [0.25, 0.3) is 0 Å². The summed E-state index contributed by atoms with van der Waals surface area (Å²) in [6, 6.07) is 9.59. The summed E-state index contributed by atoms with van der Waals surface area (Å²) in [4.78, 5) is 11.6. The molecular weight excluding hydrogens is 273 g/mol. The molecule has 0 bridgehead atoms. The number of nitrogen functional groups attached to an aromatic ring is 1. The average Bonchev–Trinajstić information content (AvgIpc) is 2.49. The summed E-state index contributed by atoms with van der Waals surface area (Å²) in [5.74, 6) is -0.853. The van der Waals surface area contributed by atoms with Crippen LogP contribution in [0.2, 0.25) is 0 Å². The number of benzene rings is 2. The maximum atomic E-state index is 13.9. The van der Waals surface area contributed by atoms with Gasteiger partial charge in [-0.1, -0.05) is 19.1 Å². The molecule has 2 aromatic rings. The Morgan fingerprint density at radius 1 is 1.29 bits per heavy atom. The van der Waals surface area contributed by atoms with Gasteiger partial charge in [0.15, 0.2) is 11.6 Å². The third-order valence-electron chi connectivity index (χ3n) is 3.04. The highest BCUT2D eigenvalue weighted by atomic mass is 19.1. The number of halogens is 1. The molecule has 2 aromatic carbocycles. The highest BCUT2D eigenvalue weighted by molar-refractivity contribution is 5.95. The van der Waals surface area contributed by atoms with Crippen molar-refractivity contribution in [2.24, 2.45) is 0 Å². The molecule has 0 aromatic heterocycles. The van der Waals surface area contributed by atoms with E-state index in [-0.39, 0.29) is 17.0 Å². The van der Waals surface area contributed by atoms with Crippen LogP contribution in [0, 0.1) is 5.82 Å². The fourth-order valence-electron chi connectivity index (χ4n) is 1.89. The van der Waals surface area contributed by atoms with Crippen molar-refractivity contribution < 1.29 is 18.7 Å². The second kappa shape index (κ2) is 6.26. The summed E-state index contributed by atoms with van der Waals surface area (Å²) >= 11 is 0. The van der Waals surface area contributed by atoms with Crippen molar-refractivity contribution in [3.8, 4) is 11.5 Å². The van der Waals surface area contributed by atoms with Crippen molar-refractivity contribution >= 4 is 11.7 Å². The fraction of sp³-hybridized carbons (Fsp3) is 0.188. The van der Waals surface area contributed by atoms with Crippen LogP contribution in [0.4, 0.5) is 10.1 Å². The van der Waals surface area contributed by atoms with E-state index in [1.54, 1.807) is 6.07 Å². The lowest BCUT2D eigenvalue weighted by atomic mass is 10.1. The molecule has 0 aliphatic heterocycles. The van der Waals surface area contributed by atoms with Gasteiger partial charge in [0.1, 0.15) is 5.75 Å². The molecule has 0 saturated heterocycles. The van der Waals surface area contributed by atoms with Crippen LogP contribution in [-0.4, -0.2) is 13.1 Å². The molecule has 0 spiro atoms. The van der Waals surface area contributed by atoms with E-state index in [9.17, 15) is 9.18 Å². The molecule has 4 nitrogen and oxygen atoms in total. The number of anilines is 1. The number of methoxy groups -OCH3 is 1. The minimum absolute atomic E-state index is 0.00834. The van der Waals surface area contributed by atoms with E-state index in [2.05, 4.69) is 4.74 Å². The van der Waals surface area contributed by atoms with Gasteiger partial charge in [-0.15, -0.1) is 0 Å². The normalized spacial score (nSPS) is 10.2. The standard InChI is InChI=1S/C16H16FNO3/c1-3-10-5-4-6-11(7-10)21-15-8-12(16(19)20-2)14(18)9-13(15)17/h4-9H,3,18H2,1-2H3. The van der Waals surface area contributed by atoms with Crippen LogP contribution >= 0.6 is 0 Å². The van der Waals surface area contributed by atoms with E-state index in [1.807, 2.05) is 25.1 Å². The van der Waals surface area contributed by atoms with E-state index in [0.717, 1.165) is 18.1 Å². The fourth-order valence-corrected chi connectivity index (χ4v) is 1.89. The Balaban J connectivity index is 2.37. The van der Waals surface area contributed by atoms with Gasteiger partial charge in [-0.25, -0.2) is 9.18 Å². The first-order chi connectivity index (χ1) is 10.0. The third-order valence-corrected chi connectivity index (χ3v) is 3.04. The number of hydrogen-bond donors (Lipinski definition) is 1. The van der Waals surface area contributed by atoms with Crippen molar-refractivity contribution in [3.63, 3.8) is 0 Å². The summed E-state index contributed by atoms with van der Waals surface area (Å²) < 4.78 is 24.0. The number of hydrogen-bond acceptors (Lipinski definition) is 4. The van der Waals surface area contributed by atoms with Gasteiger partial charge in [0.2, 0.25) is 0 Å². The molecule has 0 amide bonds. The molecule has 2 N–H and O–H groups in total. The first-order valence-electron chi connectivity index (χ1n) is 6.49. The molecule has 0 aliphatic carbocycles. The van der Waals surface area contributed by atoms with Gasteiger partial charge in [0, 0.05) is 17.8 Å². The summed E-state index contributed by atoms with van der Waals surface area (Å²) in [5.41, 5.74) is 6.75. The second-order valence-corrected chi connectivity index (χ2v) is 4.46. The molecule has 0 aliphatic rings. The number of nitrogens with two attached hydrogens (primary N) is 1. The maximum Gasteiger partial charge on any atom is 0.340 e. The van der Waals surface area contributed by atoms with Crippen molar-refractivity contribution in [2.45, 2.75) is 13.3 Å². The van der Waals surface area contributed by atoms with Gasteiger partial charge in [-0.2, -0.15) is 0 Å². The van der Waals surface area contributed by atoms with Crippen molar-refractivity contribution in [2.75, 3.05) is 12.8 Å². The Morgan fingerprint density at radius 3 is 2.71 bits per heavy atom. The highest BCUT2D eigenvalue weighted by Crippen LogP contribution is 2.29. The Bertz CT molecular complexity index is 671. The molecule has 0 saturated carbocycles. The minimum atomic E-state index is -0.639. The molecule has 5 heteroatoms. The minimum Gasteiger partial charge on any atom is -0.465 e. The molecule has 0 radical (unpaired) electrons. The molecule has 21 heavy (non-hydrogen) atoms. The Labute approximate surface area is 122 Å². The molecule has 110 valence electrons. The van der Waals surface area contributed by atoms with E-state index >= 15 is 0 Å². The molecule has 2 rings (SSSR count). The zero-order chi connectivity index (χ0) is 15.4. The average molecular weight is 289 g/mol. The Morgan fingerprint density at radius 2 is 2.05 bits per heavy atom. The lowest BCUT2D eigenvalue weighted by molar-refractivity contribution is 0.0601. The number of esters is 1. The van der Waals surface area contributed by atoms with Crippen molar-refractivity contribution in [3.05, 3.63) is 53.3 Å². The largest absolute Gasteiger partial charge is 0.465 e. The maximum absolute atomic E-state index is 13.9. The topological polar surface area (TPSA) is 61.5 Å². The van der Waals surface area contributed by atoms with Gasteiger partial charge < -0.3 is 15.2 Å². The molecular formula is C16H16FNO3. The zero-order valence-corrected chi connectivity index (χ0v) is 11.9. The number of aryl methyl sites for hydroxylation is 1. The van der Waals surface area contributed by atoms with E-state index in [4.69, 9.17) is 10.5 Å². The monoisotopic (exact) mass is 289 g/mol. The number of carbonyl (C=O) groups is 1. The van der Waals surface area contributed by atoms with Gasteiger partial charge in [-0.05, 0) is 24.1 Å². The van der Waals surface area contributed by atoms with E-state index in [1.165, 1.54) is 13.2 Å². The summed E-state index contributed by atoms with van der Waals surface area (Å²) in [7, 11) is 1.23. The first kappa shape index (κ1) is 14.8. The summed E-state index contributed by atoms with van der Waals surface area (Å²) in [6.07, 6.45) is 0.842. The van der Waals surface area contributed by atoms with Crippen LogP contribution in [-0.2, 0) is 11.2 Å². The van der Waals surface area contributed by atoms with Gasteiger partial charge in [-0.3, -0.25) is 0 Å². The van der Waals surface area contributed by atoms with Crippen LogP contribution < -0.4 is 10.5 Å². The smallest absolute Gasteiger partial charge is 0.340 e. The third kappa shape index (κ3) is 3.31. The lowest BCUT2D eigenvalue weighted by Crippen LogP contribution is -2.06. The predicted molar refractivity (Wildman–Crippen MR) is 78.0 cm³/mol. The number of rotatable bonds is 4. The Kier molecular flexibility index (Phi) is 4.42. The number of carbonyl (C=O) groups excluding carboxylic acids is 1. The predicted octanol–water partition coefficient (Wildman–Crippen LogP) is 3.55. The summed E-state index contributed by atoms with van der Waals surface area (Å²) in [5, 5.41) is 0. The van der Waals surface area contributed by atoms with E-state index < -0.39 is 11.8 Å². The van der Waals surface area contributed by atoms with Crippen LogP contribution in [0.25, 0.3) is 0 Å². The zero-order valence-electron chi connectivity index (χ0n) is 11.9. The van der Waals surface area contributed by atoms with Crippen LogP contribution in [0.15, 0.2) is 36.4 Å².